The maximum atomic E-state index is 5.96. The fourth-order valence-corrected chi connectivity index (χ4v) is 3.14. The fraction of sp³-hybridized carbons (Fsp3) is 0.600. The van der Waals surface area contributed by atoms with Gasteiger partial charge >= 0.3 is 0 Å². The molecule has 0 bridgehead atoms. The first-order chi connectivity index (χ1) is 9.22. The van der Waals surface area contributed by atoms with E-state index in [-0.39, 0.29) is 0 Å². The Bertz CT molecular complexity index is 423. The fourth-order valence-electron chi connectivity index (χ4n) is 3.14. The second-order valence-electron chi connectivity index (χ2n) is 5.15. The van der Waals surface area contributed by atoms with Gasteiger partial charge in [-0.1, -0.05) is 12.1 Å². The van der Waals surface area contributed by atoms with Crippen LogP contribution in [0.4, 0.5) is 0 Å². The summed E-state index contributed by atoms with van der Waals surface area (Å²) >= 11 is 0. The molecule has 1 aromatic carbocycles. The molecule has 1 heterocycles. The lowest BCUT2D eigenvalue weighted by atomic mass is 9.84. The molecule has 2 unspecified atom stereocenters. The van der Waals surface area contributed by atoms with Gasteiger partial charge in [-0.05, 0) is 45.0 Å². The van der Waals surface area contributed by atoms with Crippen LogP contribution in [0, 0.1) is 5.92 Å². The Morgan fingerprint density at radius 3 is 2.74 bits per heavy atom. The molecule has 0 spiro atoms. The van der Waals surface area contributed by atoms with Crippen molar-refractivity contribution in [1.29, 1.82) is 0 Å². The SMILES string of the molecule is COc1cccc(C2C(CN)CCCN2C)c1OC. The molecule has 0 amide bonds. The van der Waals surface area contributed by atoms with E-state index < -0.39 is 0 Å². The second kappa shape index (κ2) is 6.26. The number of ether oxygens (including phenoxy) is 2. The zero-order valence-corrected chi connectivity index (χ0v) is 12.1. The number of para-hydroxylation sites is 1. The summed E-state index contributed by atoms with van der Waals surface area (Å²) in [5.41, 5.74) is 7.14. The predicted octanol–water partition coefficient (Wildman–Crippen LogP) is 2.05. The Balaban J connectivity index is 2.43. The van der Waals surface area contributed by atoms with E-state index in [2.05, 4.69) is 18.0 Å². The van der Waals surface area contributed by atoms with Gasteiger partial charge in [-0.25, -0.2) is 0 Å². The predicted molar refractivity (Wildman–Crippen MR) is 76.7 cm³/mol. The largest absolute Gasteiger partial charge is 0.493 e. The highest BCUT2D eigenvalue weighted by atomic mass is 16.5. The maximum Gasteiger partial charge on any atom is 0.165 e. The summed E-state index contributed by atoms with van der Waals surface area (Å²) in [7, 11) is 5.53. The second-order valence-corrected chi connectivity index (χ2v) is 5.15. The number of rotatable bonds is 4. The van der Waals surface area contributed by atoms with Crippen LogP contribution in [0.15, 0.2) is 18.2 Å². The van der Waals surface area contributed by atoms with E-state index in [1.165, 1.54) is 18.4 Å². The molecular formula is C15H24N2O2. The zero-order chi connectivity index (χ0) is 13.8. The highest BCUT2D eigenvalue weighted by Gasteiger charge is 2.32. The van der Waals surface area contributed by atoms with Gasteiger partial charge in [0.15, 0.2) is 11.5 Å². The number of likely N-dealkylation sites (tertiary alicyclic amines) is 1. The van der Waals surface area contributed by atoms with Crippen LogP contribution < -0.4 is 15.2 Å². The Hall–Kier alpha value is -1.26. The molecule has 1 aliphatic rings. The molecule has 0 aliphatic carbocycles. The van der Waals surface area contributed by atoms with Crippen LogP contribution in [0.5, 0.6) is 11.5 Å². The summed E-state index contributed by atoms with van der Waals surface area (Å²) in [6.45, 7) is 1.80. The van der Waals surface area contributed by atoms with E-state index in [0.29, 0.717) is 18.5 Å². The van der Waals surface area contributed by atoms with Gasteiger partial charge in [0.1, 0.15) is 0 Å². The summed E-state index contributed by atoms with van der Waals surface area (Å²) in [5.74, 6) is 2.09. The quantitative estimate of drug-likeness (QED) is 0.904. The topological polar surface area (TPSA) is 47.7 Å². The average Bonchev–Trinajstić information content (AvgIpc) is 2.45. The number of hydrogen-bond acceptors (Lipinski definition) is 4. The molecule has 2 rings (SSSR count). The Morgan fingerprint density at radius 2 is 2.11 bits per heavy atom. The minimum atomic E-state index is 0.309. The summed E-state index contributed by atoms with van der Waals surface area (Å²) in [6, 6.07) is 6.38. The summed E-state index contributed by atoms with van der Waals surface area (Å²) in [6.07, 6.45) is 2.38. The molecule has 2 atom stereocenters. The Kier molecular flexibility index (Phi) is 4.66. The standard InChI is InChI=1S/C15H24N2O2/c1-17-9-5-6-11(10-16)14(17)12-7-4-8-13(18-2)15(12)19-3/h4,7-8,11,14H,5-6,9-10,16H2,1-3H3. The number of nitrogens with two attached hydrogens (primary N) is 1. The average molecular weight is 264 g/mol. The highest BCUT2D eigenvalue weighted by molar-refractivity contribution is 5.48. The molecule has 106 valence electrons. The van der Waals surface area contributed by atoms with Crippen molar-refractivity contribution in [2.75, 3.05) is 34.4 Å². The van der Waals surface area contributed by atoms with Gasteiger partial charge in [-0.15, -0.1) is 0 Å². The van der Waals surface area contributed by atoms with Crippen molar-refractivity contribution in [3.63, 3.8) is 0 Å². The summed E-state index contributed by atoms with van der Waals surface area (Å²) < 4.78 is 11.0. The van der Waals surface area contributed by atoms with Crippen molar-refractivity contribution in [3.05, 3.63) is 23.8 Å². The van der Waals surface area contributed by atoms with Crippen LogP contribution in [-0.4, -0.2) is 39.3 Å². The van der Waals surface area contributed by atoms with Crippen molar-refractivity contribution >= 4 is 0 Å². The third-order valence-electron chi connectivity index (χ3n) is 4.06. The molecule has 2 N–H and O–H groups in total. The van der Waals surface area contributed by atoms with E-state index in [1.54, 1.807) is 14.2 Å². The van der Waals surface area contributed by atoms with Gasteiger partial charge in [-0.3, -0.25) is 4.90 Å². The molecule has 1 aliphatic heterocycles. The highest BCUT2D eigenvalue weighted by Crippen LogP contribution is 2.42. The van der Waals surface area contributed by atoms with Gasteiger partial charge in [-0.2, -0.15) is 0 Å². The molecule has 0 aromatic heterocycles. The monoisotopic (exact) mass is 264 g/mol. The van der Waals surface area contributed by atoms with Crippen molar-refractivity contribution in [2.45, 2.75) is 18.9 Å². The van der Waals surface area contributed by atoms with Crippen LogP contribution in [0.2, 0.25) is 0 Å². The number of benzene rings is 1. The summed E-state index contributed by atoms with van der Waals surface area (Å²) in [4.78, 5) is 2.37. The van der Waals surface area contributed by atoms with Crippen LogP contribution in [0.25, 0.3) is 0 Å². The smallest absolute Gasteiger partial charge is 0.165 e. The molecule has 19 heavy (non-hydrogen) atoms. The zero-order valence-electron chi connectivity index (χ0n) is 12.1. The molecule has 4 nitrogen and oxygen atoms in total. The number of piperidine rings is 1. The molecule has 4 heteroatoms. The normalized spacial score (nSPS) is 24.2. The number of hydrogen-bond donors (Lipinski definition) is 1. The summed E-state index contributed by atoms with van der Waals surface area (Å²) in [5, 5.41) is 0. The van der Waals surface area contributed by atoms with Crippen LogP contribution in [0.1, 0.15) is 24.4 Å². The van der Waals surface area contributed by atoms with Crippen molar-refractivity contribution < 1.29 is 9.47 Å². The molecule has 0 saturated carbocycles. The van der Waals surface area contributed by atoms with E-state index in [4.69, 9.17) is 15.2 Å². The first kappa shape index (κ1) is 14.2. The number of methoxy groups -OCH3 is 2. The number of nitrogens with zero attached hydrogens (tertiary/aromatic N) is 1. The lowest BCUT2D eigenvalue weighted by molar-refractivity contribution is 0.122. The van der Waals surface area contributed by atoms with Gasteiger partial charge in [0.25, 0.3) is 0 Å². The lowest BCUT2D eigenvalue weighted by Crippen LogP contribution is -2.39. The minimum absolute atomic E-state index is 0.309. The van der Waals surface area contributed by atoms with Crippen molar-refractivity contribution in [1.82, 2.24) is 4.90 Å². The van der Waals surface area contributed by atoms with Gasteiger partial charge in [0.05, 0.1) is 14.2 Å². The van der Waals surface area contributed by atoms with E-state index >= 15 is 0 Å². The van der Waals surface area contributed by atoms with Crippen LogP contribution in [0.3, 0.4) is 0 Å². The molecule has 1 fully saturated rings. The first-order valence-electron chi connectivity index (χ1n) is 6.84. The third kappa shape index (κ3) is 2.69. The minimum Gasteiger partial charge on any atom is -0.493 e. The van der Waals surface area contributed by atoms with Crippen molar-refractivity contribution in [2.24, 2.45) is 11.7 Å². The van der Waals surface area contributed by atoms with Crippen molar-refractivity contribution in [3.8, 4) is 11.5 Å². The van der Waals surface area contributed by atoms with Gasteiger partial charge in [0.2, 0.25) is 0 Å². The van der Waals surface area contributed by atoms with E-state index in [9.17, 15) is 0 Å². The first-order valence-corrected chi connectivity index (χ1v) is 6.84. The third-order valence-corrected chi connectivity index (χ3v) is 4.06. The van der Waals surface area contributed by atoms with E-state index in [1.807, 2.05) is 12.1 Å². The van der Waals surface area contributed by atoms with Crippen LogP contribution in [-0.2, 0) is 0 Å². The van der Waals surface area contributed by atoms with E-state index in [0.717, 1.165) is 18.0 Å². The van der Waals surface area contributed by atoms with Gasteiger partial charge < -0.3 is 15.2 Å². The molecular weight excluding hydrogens is 240 g/mol. The Labute approximate surface area is 115 Å². The molecule has 0 radical (unpaired) electrons. The maximum absolute atomic E-state index is 5.96. The van der Waals surface area contributed by atoms with Crippen LogP contribution >= 0.6 is 0 Å². The lowest BCUT2D eigenvalue weighted by Gasteiger charge is -2.39. The molecule has 1 aromatic rings. The molecule has 1 saturated heterocycles. The Morgan fingerprint density at radius 1 is 1.32 bits per heavy atom. The van der Waals surface area contributed by atoms with Gasteiger partial charge in [0, 0.05) is 11.6 Å².